The first kappa shape index (κ1) is 15.3. The molecular weight excluding hydrogens is 295 g/mol. The standard InChI is InChI=1S/C14H18Cl2N4/c1-4-11-14(16)13(20(3)19-11)7-12(17-2)9-5-6-18-8-10(9)15/h5-6,8,12,17H,4,7H2,1-3H3. The zero-order valence-corrected chi connectivity index (χ0v) is 13.3. The minimum absolute atomic E-state index is 0.0723. The van der Waals surface area contributed by atoms with Crippen molar-refractivity contribution in [1.29, 1.82) is 0 Å². The van der Waals surface area contributed by atoms with Crippen LogP contribution in [0.2, 0.25) is 10.0 Å². The number of aryl methyl sites for hydroxylation is 2. The van der Waals surface area contributed by atoms with Crippen molar-refractivity contribution in [3.63, 3.8) is 0 Å². The second-order valence-electron chi connectivity index (χ2n) is 4.63. The van der Waals surface area contributed by atoms with Gasteiger partial charge >= 0.3 is 0 Å². The van der Waals surface area contributed by atoms with Gasteiger partial charge in [0.05, 0.1) is 21.4 Å². The van der Waals surface area contributed by atoms with Gasteiger partial charge in [0.15, 0.2) is 0 Å². The van der Waals surface area contributed by atoms with E-state index in [2.05, 4.69) is 15.4 Å². The Labute approximate surface area is 129 Å². The molecule has 2 aromatic rings. The zero-order chi connectivity index (χ0) is 14.7. The third-order valence-electron chi connectivity index (χ3n) is 3.43. The molecule has 0 aliphatic heterocycles. The highest BCUT2D eigenvalue weighted by Crippen LogP contribution is 2.28. The predicted molar refractivity (Wildman–Crippen MR) is 82.3 cm³/mol. The summed E-state index contributed by atoms with van der Waals surface area (Å²) in [5, 5.41) is 9.13. The minimum Gasteiger partial charge on any atom is -0.313 e. The molecule has 4 nitrogen and oxygen atoms in total. The number of hydrogen-bond acceptors (Lipinski definition) is 3. The second kappa shape index (κ2) is 6.57. The fourth-order valence-corrected chi connectivity index (χ4v) is 2.89. The first-order valence-electron chi connectivity index (χ1n) is 6.55. The fourth-order valence-electron chi connectivity index (χ4n) is 2.27. The molecule has 0 aliphatic carbocycles. The van der Waals surface area contributed by atoms with Crippen molar-refractivity contribution in [2.45, 2.75) is 25.8 Å². The van der Waals surface area contributed by atoms with E-state index in [0.717, 1.165) is 34.8 Å². The van der Waals surface area contributed by atoms with Crippen LogP contribution in [0.25, 0.3) is 0 Å². The first-order chi connectivity index (χ1) is 9.58. The third-order valence-corrected chi connectivity index (χ3v) is 4.18. The maximum Gasteiger partial charge on any atom is 0.0850 e. The highest BCUT2D eigenvalue weighted by Gasteiger charge is 2.19. The molecule has 6 heteroatoms. The summed E-state index contributed by atoms with van der Waals surface area (Å²) in [6, 6.07) is 2.00. The van der Waals surface area contributed by atoms with Crippen LogP contribution in [0.4, 0.5) is 0 Å². The van der Waals surface area contributed by atoms with Crippen LogP contribution in [0, 0.1) is 0 Å². The molecule has 0 bridgehead atoms. The Bertz CT molecular complexity index is 595. The summed E-state index contributed by atoms with van der Waals surface area (Å²) in [6.45, 7) is 2.05. The average Bonchev–Trinajstić information content (AvgIpc) is 2.72. The molecule has 1 N–H and O–H groups in total. The summed E-state index contributed by atoms with van der Waals surface area (Å²) < 4.78 is 1.85. The predicted octanol–water partition coefficient (Wildman–Crippen LogP) is 3.19. The lowest BCUT2D eigenvalue weighted by Crippen LogP contribution is -2.20. The Hall–Kier alpha value is -1.10. The summed E-state index contributed by atoms with van der Waals surface area (Å²) >= 11 is 12.6. The van der Waals surface area contributed by atoms with Crippen LogP contribution < -0.4 is 5.32 Å². The smallest absolute Gasteiger partial charge is 0.0850 e. The summed E-state index contributed by atoms with van der Waals surface area (Å²) in [5.41, 5.74) is 2.95. The van der Waals surface area contributed by atoms with Gasteiger partial charge in [-0.05, 0) is 25.1 Å². The highest BCUT2D eigenvalue weighted by atomic mass is 35.5. The molecule has 0 saturated heterocycles. The quantitative estimate of drug-likeness (QED) is 0.922. The zero-order valence-electron chi connectivity index (χ0n) is 11.8. The van der Waals surface area contributed by atoms with E-state index >= 15 is 0 Å². The molecule has 1 atom stereocenters. The van der Waals surface area contributed by atoms with Crippen molar-refractivity contribution in [2.75, 3.05) is 7.05 Å². The van der Waals surface area contributed by atoms with Crippen molar-refractivity contribution < 1.29 is 0 Å². The van der Waals surface area contributed by atoms with E-state index in [1.807, 2.05) is 31.8 Å². The van der Waals surface area contributed by atoms with E-state index in [0.29, 0.717) is 5.02 Å². The van der Waals surface area contributed by atoms with Crippen LogP contribution in [0.15, 0.2) is 18.5 Å². The summed E-state index contributed by atoms with van der Waals surface area (Å²) in [5.74, 6) is 0. The molecule has 2 aromatic heterocycles. The topological polar surface area (TPSA) is 42.7 Å². The van der Waals surface area contributed by atoms with Crippen molar-refractivity contribution in [3.05, 3.63) is 45.5 Å². The lowest BCUT2D eigenvalue weighted by Gasteiger charge is -2.18. The van der Waals surface area contributed by atoms with E-state index < -0.39 is 0 Å². The van der Waals surface area contributed by atoms with Gasteiger partial charge < -0.3 is 5.32 Å². The Morgan fingerprint density at radius 3 is 2.70 bits per heavy atom. The Kier molecular flexibility index (Phi) is 5.02. The van der Waals surface area contributed by atoms with Gasteiger partial charge in [0.25, 0.3) is 0 Å². The van der Waals surface area contributed by atoms with Gasteiger partial charge in [-0.3, -0.25) is 9.67 Å². The maximum atomic E-state index is 6.40. The monoisotopic (exact) mass is 312 g/mol. The second-order valence-corrected chi connectivity index (χ2v) is 5.41. The van der Waals surface area contributed by atoms with E-state index in [1.54, 1.807) is 12.4 Å². The molecule has 0 fully saturated rings. The molecule has 0 aromatic carbocycles. The molecule has 2 heterocycles. The largest absolute Gasteiger partial charge is 0.313 e. The van der Waals surface area contributed by atoms with Gasteiger partial charge in [-0.15, -0.1) is 0 Å². The number of likely N-dealkylation sites (N-methyl/N-ethyl adjacent to an activating group) is 1. The van der Waals surface area contributed by atoms with Crippen LogP contribution in [0.3, 0.4) is 0 Å². The van der Waals surface area contributed by atoms with Gasteiger partial charge in [-0.25, -0.2) is 0 Å². The van der Waals surface area contributed by atoms with E-state index in [4.69, 9.17) is 23.2 Å². The van der Waals surface area contributed by atoms with E-state index in [-0.39, 0.29) is 6.04 Å². The molecule has 1 unspecified atom stereocenters. The number of nitrogens with zero attached hydrogens (tertiary/aromatic N) is 3. The average molecular weight is 313 g/mol. The lowest BCUT2D eigenvalue weighted by molar-refractivity contribution is 0.561. The first-order valence-corrected chi connectivity index (χ1v) is 7.31. The SMILES string of the molecule is CCc1nn(C)c(CC(NC)c2ccncc2Cl)c1Cl. The van der Waals surface area contributed by atoms with Crippen molar-refractivity contribution >= 4 is 23.2 Å². The van der Waals surface area contributed by atoms with Crippen molar-refractivity contribution in [2.24, 2.45) is 7.05 Å². The summed E-state index contributed by atoms with van der Waals surface area (Å²) in [4.78, 5) is 4.02. The molecular formula is C14H18Cl2N4. The van der Waals surface area contributed by atoms with E-state index in [9.17, 15) is 0 Å². The molecule has 108 valence electrons. The van der Waals surface area contributed by atoms with Gasteiger partial charge in [0, 0.05) is 31.9 Å². The number of nitrogens with one attached hydrogen (secondary N) is 1. The van der Waals surface area contributed by atoms with Gasteiger partial charge in [0.1, 0.15) is 0 Å². The number of halogens is 2. The van der Waals surface area contributed by atoms with Gasteiger partial charge in [-0.2, -0.15) is 5.10 Å². The fraction of sp³-hybridized carbons (Fsp3) is 0.429. The Morgan fingerprint density at radius 2 is 2.15 bits per heavy atom. The van der Waals surface area contributed by atoms with Crippen LogP contribution in [-0.4, -0.2) is 21.8 Å². The molecule has 0 spiro atoms. The minimum atomic E-state index is 0.0723. The van der Waals surface area contributed by atoms with Crippen LogP contribution in [0.1, 0.15) is 29.9 Å². The number of hydrogen-bond donors (Lipinski definition) is 1. The Morgan fingerprint density at radius 1 is 1.40 bits per heavy atom. The molecule has 2 rings (SSSR count). The van der Waals surface area contributed by atoms with Crippen LogP contribution in [-0.2, 0) is 19.9 Å². The molecule has 20 heavy (non-hydrogen) atoms. The van der Waals surface area contributed by atoms with Gasteiger partial charge in [-0.1, -0.05) is 30.1 Å². The maximum absolute atomic E-state index is 6.40. The van der Waals surface area contributed by atoms with Gasteiger partial charge in [0.2, 0.25) is 0 Å². The highest BCUT2D eigenvalue weighted by molar-refractivity contribution is 6.32. The van der Waals surface area contributed by atoms with Crippen molar-refractivity contribution in [1.82, 2.24) is 20.1 Å². The van der Waals surface area contributed by atoms with Crippen LogP contribution in [0.5, 0.6) is 0 Å². The number of rotatable bonds is 5. The third kappa shape index (κ3) is 2.97. The van der Waals surface area contributed by atoms with E-state index in [1.165, 1.54) is 0 Å². The molecule has 0 aliphatic rings. The summed E-state index contributed by atoms with van der Waals surface area (Å²) in [6.07, 6.45) is 4.95. The normalized spacial score (nSPS) is 12.7. The molecule has 0 radical (unpaired) electrons. The Balaban J connectivity index is 2.32. The van der Waals surface area contributed by atoms with Crippen molar-refractivity contribution in [3.8, 4) is 0 Å². The number of aromatic nitrogens is 3. The molecule has 0 amide bonds. The summed E-state index contributed by atoms with van der Waals surface area (Å²) in [7, 11) is 3.83. The molecule has 0 saturated carbocycles. The lowest BCUT2D eigenvalue weighted by atomic mass is 10.0. The van der Waals surface area contributed by atoms with Crippen LogP contribution >= 0.6 is 23.2 Å². The number of pyridine rings is 1.